The summed E-state index contributed by atoms with van der Waals surface area (Å²) in [5, 5.41) is 4.31. The summed E-state index contributed by atoms with van der Waals surface area (Å²) in [4.78, 5) is 0. The monoisotopic (exact) mass is 262 g/mol. The van der Waals surface area contributed by atoms with Crippen molar-refractivity contribution in [2.24, 2.45) is 5.92 Å². The molecule has 0 N–H and O–H groups in total. The first kappa shape index (κ1) is 11.9. The summed E-state index contributed by atoms with van der Waals surface area (Å²) in [6.07, 6.45) is 5.60. The van der Waals surface area contributed by atoms with Crippen molar-refractivity contribution in [3.8, 4) is 0 Å². The van der Waals surface area contributed by atoms with E-state index >= 15 is 0 Å². The third-order valence-electron chi connectivity index (χ3n) is 3.05. The normalized spacial score (nSPS) is 17.4. The lowest BCUT2D eigenvalue weighted by atomic mass is 9.85. The van der Waals surface area contributed by atoms with Gasteiger partial charge < -0.3 is 0 Å². The van der Waals surface area contributed by atoms with E-state index in [1.807, 2.05) is 11.6 Å². The summed E-state index contributed by atoms with van der Waals surface area (Å²) in [6, 6.07) is 0. The summed E-state index contributed by atoms with van der Waals surface area (Å²) in [6.45, 7) is 2.71. The molecule has 6 heteroatoms. The van der Waals surface area contributed by atoms with Gasteiger partial charge in [0.15, 0.2) is 0 Å². The van der Waals surface area contributed by atoms with Crippen molar-refractivity contribution in [2.75, 3.05) is 0 Å². The molecule has 0 radical (unpaired) electrons. The highest BCUT2D eigenvalue weighted by Crippen LogP contribution is 2.28. The minimum Gasteiger partial charge on any atom is -0.272 e. The van der Waals surface area contributed by atoms with Crippen LogP contribution in [0.3, 0.4) is 0 Å². The fourth-order valence-electron chi connectivity index (χ4n) is 1.92. The maximum atomic E-state index is 11.0. The van der Waals surface area contributed by atoms with Crippen LogP contribution in [0.4, 0.5) is 0 Å². The van der Waals surface area contributed by atoms with Crippen molar-refractivity contribution >= 4 is 19.7 Å². The molecule has 2 rings (SSSR count). The second-order valence-corrected chi connectivity index (χ2v) is 7.22. The van der Waals surface area contributed by atoms with E-state index in [-0.39, 0.29) is 5.75 Å². The third-order valence-corrected chi connectivity index (χ3v) is 4.03. The molecule has 0 aromatic carbocycles. The van der Waals surface area contributed by atoms with Crippen LogP contribution in [0.2, 0.25) is 0 Å². The molecular formula is C10H15ClN2O2S. The van der Waals surface area contributed by atoms with E-state index in [0.717, 1.165) is 12.2 Å². The maximum Gasteiger partial charge on any atom is 0.236 e. The van der Waals surface area contributed by atoms with Crippen LogP contribution in [0.25, 0.3) is 0 Å². The molecule has 1 aliphatic rings. The summed E-state index contributed by atoms with van der Waals surface area (Å²) in [7, 11) is 1.74. The van der Waals surface area contributed by atoms with Gasteiger partial charge in [-0.3, -0.25) is 4.68 Å². The highest BCUT2D eigenvalue weighted by molar-refractivity contribution is 8.13. The number of aromatic nitrogens is 2. The van der Waals surface area contributed by atoms with Crippen molar-refractivity contribution in [3.05, 3.63) is 17.5 Å². The molecule has 1 heterocycles. The highest BCUT2D eigenvalue weighted by atomic mass is 35.7. The van der Waals surface area contributed by atoms with E-state index in [4.69, 9.17) is 10.7 Å². The largest absolute Gasteiger partial charge is 0.272 e. The molecule has 90 valence electrons. The minimum atomic E-state index is -3.49. The van der Waals surface area contributed by atoms with Crippen LogP contribution in [0.1, 0.15) is 30.5 Å². The number of rotatable bonds is 4. The Labute approximate surface area is 100 Å². The predicted molar refractivity (Wildman–Crippen MR) is 62.8 cm³/mol. The molecule has 0 spiro atoms. The van der Waals surface area contributed by atoms with Crippen LogP contribution < -0.4 is 0 Å². The summed E-state index contributed by atoms with van der Waals surface area (Å²) in [5.41, 5.74) is 1.46. The molecule has 0 unspecified atom stereocenters. The van der Waals surface area contributed by atoms with Gasteiger partial charge in [0.2, 0.25) is 9.05 Å². The number of nitrogens with zero attached hydrogens (tertiary/aromatic N) is 2. The lowest BCUT2D eigenvalue weighted by Gasteiger charge is -2.24. The summed E-state index contributed by atoms with van der Waals surface area (Å²) in [5.74, 6) is 0.574. The lowest BCUT2D eigenvalue weighted by molar-refractivity contribution is 0.266. The van der Waals surface area contributed by atoms with E-state index in [0.29, 0.717) is 11.5 Å². The van der Waals surface area contributed by atoms with E-state index in [1.165, 1.54) is 19.3 Å². The molecule has 0 atom stereocenters. The molecule has 1 aromatic rings. The zero-order valence-corrected chi connectivity index (χ0v) is 10.8. The Morgan fingerprint density at radius 3 is 2.75 bits per heavy atom. The SMILES string of the molecule is Cc1nn(CC2CCC2)cc1CS(=O)(=O)Cl. The zero-order chi connectivity index (χ0) is 11.8. The topological polar surface area (TPSA) is 52.0 Å². The van der Waals surface area contributed by atoms with Crippen LogP contribution in [0.5, 0.6) is 0 Å². The zero-order valence-electron chi connectivity index (χ0n) is 9.19. The van der Waals surface area contributed by atoms with Crippen molar-refractivity contribution < 1.29 is 8.42 Å². The van der Waals surface area contributed by atoms with Gasteiger partial charge in [0, 0.05) is 29.0 Å². The molecule has 1 aliphatic carbocycles. The Morgan fingerprint density at radius 1 is 1.56 bits per heavy atom. The summed E-state index contributed by atoms with van der Waals surface area (Å²) < 4.78 is 23.8. The molecule has 1 fully saturated rings. The van der Waals surface area contributed by atoms with Gasteiger partial charge in [-0.1, -0.05) is 6.42 Å². The smallest absolute Gasteiger partial charge is 0.236 e. The van der Waals surface area contributed by atoms with Crippen LogP contribution in [0, 0.1) is 12.8 Å². The molecule has 0 aliphatic heterocycles. The minimum absolute atomic E-state index is 0.134. The number of halogens is 1. The van der Waals surface area contributed by atoms with E-state index in [9.17, 15) is 8.42 Å². The maximum absolute atomic E-state index is 11.0. The standard InChI is InChI=1S/C10H15ClN2O2S/c1-8-10(7-16(11,14)15)6-13(12-8)5-9-3-2-4-9/h6,9H,2-5,7H2,1H3. The van der Waals surface area contributed by atoms with Gasteiger partial charge >= 0.3 is 0 Å². The van der Waals surface area contributed by atoms with E-state index in [1.54, 1.807) is 6.20 Å². The van der Waals surface area contributed by atoms with Gasteiger partial charge in [0.1, 0.15) is 0 Å². The van der Waals surface area contributed by atoms with Gasteiger partial charge in [0.05, 0.1) is 11.4 Å². The molecule has 0 saturated heterocycles. The Kier molecular flexibility index (Phi) is 3.26. The van der Waals surface area contributed by atoms with Gasteiger partial charge in [-0.15, -0.1) is 0 Å². The Bertz CT molecular complexity index is 477. The van der Waals surface area contributed by atoms with E-state index in [2.05, 4.69) is 5.10 Å². The lowest BCUT2D eigenvalue weighted by Crippen LogP contribution is -2.18. The molecule has 4 nitrogen and oxygen atoms in total. The molecular weight excluding hydrogens is 248 g/mol. The van der Waals surface area contributed by atoms with Crippen LogP contribution in [0.15, 0.2) is 6.20 Å². The second-order valence-electron chi connectivity index (χ2n) is 4.44. The second kappa shape index (κ2) is 4.37. The van der Waals surface area contributed by atoms with Gasteiger partial charge in [-0.25, -0.2) is 8.42 Å². The van der Waals surface area contributed by atoms with E-state index < -0.39 is 9.05 Å². The average molecular weight is 263 g/mol. The third kappa shape index (κ3) is 2.98. The van der Waals surface area contributed by atoms with Crippen LogP contribution in [-0.4, -0.2) is 18.2 Å². The van der Waals surface area contributed by atoms with Gasteiger partial charge in [-0.2, -0.15) is 5.10 Å². The van der Waals surface area contributed by atoms with Crippen molar-refractivity contribution in [3.63, 3.8) is 0 Å². The Morgan fingerprint density at radius 2 is 2.25 bits per heavy atom. The molecule has 0 bridgehead atoms. The highest BCUT2D eigenvalue weighted by Gasteiger charge is 2.19. The van der Waals surface area contributed by atoms with Crippen LogP contribution >= 0.6 is 10.7 Å². The van der Waals surface area contributed by atoms with Crippen molar-refractivity contribution in [2.45, 2.75) is 38.5 Å². The first-order valence-corrected chi connectivity index (χ1v) is 7.87. The Hall–Kier alpha value is -0.550. The number of hydrogen-bond acceptors (Lipinski definition) is 3. The average Bonchev–Trinajstić information content (AvgIpc) is 2.37. The quantitative estimate of drug-likeness (QED) is 0.781. The number of hydrogen-bond donors (Lipinski definition) is 0. The van der Waals surface area contributed by atoms with Gasteiger partial charge in [-0.05, 0) is 25.7 Å². The first-order valence-electron chi connectivity index (χ1n) is 5.39. The van der Waals surface area contributed by atoms with Crippen LogP contribution in [-0.2, 0) is 21.3 Å². The molecule has 0 amide bonds. The first-order chi connectivity index (χ1) is 7.44. The molecule has 16 heavy (non-hydrogen) atoms. The fraction of sp³-hybridized carbons (Fsp3) is 0.700. The Balaban J connectivity index is 2.08. The van der Waals surface area contributed by atoms with Gasteiger partial charge in [0.25, 0.3) is 0 Å². The fourth-order valence-corrected chi connectivity index (χ4v) is 2.93. The number of aryl methyl sites for hydroxylation is 1. The predicted octanol–water partition coefficient (Wildman–Crippen LogP) is 2.06. The van der Waals surface area contributed by atoms with Crippen molar-refractivity contribution in [1.82, 2.24) is 9.78 Å². The summed E-state index contributed by atoms with van der Waals surface area (Å²) >= 11 is 0. The van der Waals surface area contributed by atoms with Crippen molar-refractivity contribution in [1.29, 1.82) is 0 Å². The molecule has 1 saturated carbocycles. The molecule has 1 aromatic heterocycles.